The van der Waals surface area contributed by atoms with E-state index in [1.807, 2.05) is 0 Å². The highest BCUT2D eigenvalue weighted by Crippen LogP contribution is 2.36. The molecule has 0 aliphatic heterocycles. The molecule has 25 heavy (non-hydrogen) atoms. The largest absolute Gasteiger partial charge is 0.416 e. The fraction of sp³-hybridized carbons (Fsp3) is 0.444. The number of alkyl halides is 3. The number of rotatable bonds is 4. The Balaban J connectivity index is 1.90. The average molecular weight is 370 g/mol. The Kier molecular flexibility index (Phi) is 5.47. The van der Waals surface area contributed by atoms with E-state index in [9.17, 15) is 13.2 Å². The Labute approximate surface area is 149 Å². The summed E-state index contributed by atoms with van der Waals surface area (Å²) in [6.07, 6.45) is 2.75. The highest BCUT2D eigenvalue weighted by Gasteiger charge is 2.31. The fourth-order valence-corrected chi connectivity index (χ4v) is 3.36. The average Bonchev–Trinajstić information content (AvgIpc) is 2.60. The van der Waals surface area contributed by atoms with Crippen LogP contribution in [0.1, 0.15) is 37.7 Å². The van der Waals surface area contributed by atoms with E-state index >= 15 is 0 Å². The molecule has 7 heteroatoms. The highest BCUT2D eigenvalue weighted by atomic mass is 35.5. The van der Waals surface area contributed by atoms with Gasteiger partial charge >= 0.3 is 6.18 Å². The van der Waals surface area contributed by atoms with Crippen molar-refractivity contribution in [2.75, 3.05) is 11.9 Å². The van der Waals surface area contributed by atoms with Crippen molar-refractivity contribution in [1.29, 1.82) is 0 Å². The molecule has 0 atom stereocenters. The van der Waals surface area contributed by atoms with Crippen LogP contribution in [0, 0.1) is 5.92 Å². The van der Waals surface area contributed by atoms with E-state index in [0.717, 1.165) is 25.0 Å². The van der Waals surface area contributed by atoms with Crippen LogP contribution in [0.15, 0.2) is 30.6 Å². The normalized spacial score (nSPS) is 16.0. The van der Waals surface area contributed by atoms with Crippen LogP contribution in [0.25, 0.3) is 11.3 Å². The van der Waals surface area contributed by atoms with E-state index in [2.05, 4.69) is 15.3 Å². The minimum atomic E-state index is -4.39. The first-order valence-electron chi connectivity index (χ1n) is 8.36. The predicted molar refractivity (Wildman–Crippen MR) is 92.5 cm³/mol. The zero-order valence-corrected chi connectivity index (χ0v) is 14.4. The van der Waals surface area contributed by atoms with Crippen LogP contribution in [-0.2, 0) is 6.18 Å². The molecule has 2 aromatic rings. The molecule has 3 nitrogen and oxygen atoms in total. The first-order chi connectivity index (χ1) is 11.9. The summed E-state index contributed by atoms with van der Waals surface area (Å²) in [7, 11) is 0. The van der Waals surface area contributed by atoms with Crippen LogP contribution in [-0.4, -0.2) is 16.5 Å². The first kappa shape index (κ1) is 18.0. The maximum atomic E-state index is 13.1. The van der Waals surface area contributed by atoms with Gasteiger partial charge in [-0.15, -0.1) is 0 Å². The van der Waals surface area contributed by atoms with Crippen molar-refractivity contribution < 1.29 is 13.2 Å². The molecule has 1 aromatic carbocycles. The van der Waals surface area contributed by atoms with Crippen LogP contribution in [0.4, 0.5) is 18.9 Å². The summed E-state index contributed by atoms with van der Waals surface area (Å²) in [6, 6.07) is 5.20. The maximum absolute atomic E-state index is 13.1. The van der Waals surface area contributed by atoms with Crippen molar-refractivity contribution in [1.82, 2.24) is 9.97 Å². The molecule has 1 aliphatic rings. The Morgan fingerprint density at radius 1 is 1.08 bits per heavy atom. The third kappa shape index (κ3) is 4.63. The predicted octanol–water partition coefficient (Wildman–Crippen LogP) is 5.81. The van der Waals surface area contributed by atoms with Gasteiger partial charge in [0.25, 0.3) is 0 Å². The van der Waals surface area contributed by atoms with Gasteiger partial charge in [0, 0.05) is 23.9 Å². The van der Waals surface area contributed by atoms with E-state index < -0.39 is 11.7 Å². The molecule has 0 spiro atoms. The molecule has 0 amide bonds. The molecule has 3 rings (SSSR count). The van der Waals surface area contributed by atoms with E-state index in [0.29, 0.717) is 29.4 Å². The molecule has 0 radical (unpaired) electrons. The SMILES string of the molecule is FC(F)(F)c1ccc(-c2cc(Cl)ncn2)c(NCC2CCCCC2)c1. The number of halogens is 4. The number of hydrogen-bond donors (Lipinski definition) is 1. The second kappa shape index (κ2) is 7.60. The van der Waals surface area contributed by atoms with Crippen molar-refractivity contribution in [2.24, 2.45) is 5.92 Å². The van der Waals surface area contributed by atoms with Crippen LogP contribution < -0.4 is 5.32 Å². The summed E-state index contributed by atoms with van der Waals surface area (Å²) in [4.78, 5) is 7.97. The Morgan fingerprint density at radius 2 is 1.84 bits per heavy atom. The number of nitrogens with one attached hydrogen (secondary N) is 1. The lowest BCUT2D eigenvalue weighted by atomic mass is 9.89. The molecule has 134 valence electrons. The minimum absolute atomic E-state index is 0.253. The maximum Gasteiger partial charge on any atom is 0.416 e. The molecule has 0 unspecified atom stereocenters. The minimum Gasteiger partial charge on any atom is -0.384 e. The van der Waals surface area contributed by atoms with E-state index in [-0.39, 0.29) is 5.15 Å². The molecule has 1 aromatic heterocycles. The van der Waals surface area contributed by atoms with Crippen molar-refractivity contribution in [3.8, 4) is 11.3 Å². The van der Waals surface area contributed by atoms with E-state index in [4.69, 9.17) is 11.6 Å². The lowest BCUT2D eigenvalue weighted by molar-refractivity contribution is -0.137. The number of benzene rings is 1. The van der Waals surface area contributed by atoms with Gasteiger partial charge in [0.05, 0.1) is 11.3 Å². The van der Waals surface area contributed by atoms with Crippen molar-refractivity contribution in [3.63, 3.8) is 0 Å². The zero-order chi connectivity index (χ0) is 17.9. The monoisotopic (exact) mass is 369 g/mol. The molecule has 1 N–H and O–H groups in total. The van der Waals surface area contributed by atoms with Gasteiger partial charge in [0.2, 0.25) is 0 Å². The van der Waals surface area contributed by atoms with Crippen LogP contribution >= 0.6 is 11.6 Å². The Bertz CT molecular complexity index is 728. The van der Waals surface area contributed by atoms with Gasteiger partial charge in [0.1, 0.15) is 11.5 Å². The molecular formula is C18H19ClF3N3. The van der Waals surface area contributed by atoms with Crippen molar-refractivity contribution in [2.45, 2.75) is 38.3 Å². The van der Waals surface area contributed by atoms with Gasteiger partial charge in [-0.1, -0.05) is 36.9 Å². The van der Waals surface area contributed by atoms with Gasteiger partial charge in [-0.05, 0) is 30.9 Å². The number of hydrogen-bond acceptors (Lipinski definition) is 3. The zero-order valence-electron chi connectivity index (χ0n) is 13.6. The number of anilines is 1. The summed E-state index contributed by atoms with van der Waals surface area (Å²) in [5, 5.41) is 3.46. The second-order valence-corrected chi connectivity index (χ2v) is 6.76. The molecule has 1 aliphatic carbocycles. The third-order valence-electron chi connectivity index (χ3n) is 4.56. The van der Waals surface area contributed by atoms with E-state index in [1.54, 1.807) is 6.07 Å². The van der Waals surface area contributed by atoms with Crippen LogP contribution in [0.2, 0.25) is 5.15 Å². The highest BCUT2D eigenvalue weighted by molar-refractivity contribution is 6.29. The standard InChI is InChI=1S/C18H19ClF3N3/c19-17-9-16(24-11-25-17)14-7-6-13(18(20,21)22)8-15(14)23-10-12-4-2-1-3-5-12/h6-9,11-12,23H,1-5,10H2. The molecular weight excluding hydrogens is 351 g/mol. The van der Waals surface area contributed by atoms with Gasteiger partial charge in [-0.25, -0.2) is 9.97 Å². The smallest absolute Gasteiger partial charge is 0.384 e. The van der Waals surface area contributed by atoms with Gasteiger partial charge in [-0.3, -0.25) is 0 Å². The number of nitrogens with zero attached hydrogens (tertiary/aromatic N) is 2. The summed E-state index contributed by atoms with van der Waals surface area (Å²) in [5.74, 6) is 0.491. The fourth-order valence-electron chi connectivity index (χ4n) is 3.22. The van der Waals surface area contributed by atoms with Gasteiger partial charge < -0.3 is 5.32 Å². The topological polar surface area (TPSA) is 37.8 Å². The second-order valence-electron chi connectivity index (χ2n) is 6.37. The third-order valence-corrected chi connectivity index (χ3v) is 4.77. The summed E-state index contributed by atoms with van der Waals surface area (Å²) in [5.41, 5.74) is 0.839. The Hall–Kier alpha value is -1.82. The Morgan fingerprint density at radius 3 is 2.52 bits per heavy atom. The first-order valence-corrected chi connectivity index (χ1v) is 8.74. The van der Waals surface area contributed by atoms with E-state index in [1.165, 1.54) is 31.7 Å². The summed E-state index contributed by atoms with van der Waals surface area (Å²) < 4.78 is 39.3. The van der Waals surface area contributed by atoms with Gasteiger partial charge in [-0.2, -0.15) is 13.2 Å². The molecule has 1 fully saturated rings. The quantitative estimate of drug-likeness (QED) is 0.691. The molecule has 0 bridgehead atoms. The molecule has 1 saturated carbocycles. The van der Waals surface area contributed by atoms with Gasteiger partial charge in [0.15, 0.2) is 0 Å². The summed E-state index contributed by atoms with van der Waals surface area (Å²) in [6.45, 7) is 0.660. The lowest BCUT2D eigenvalue weighted by Crippen LogP contribution is -2.18. The summed E-state index contributed by atoms with van der Waals surface area (Å²) >= 11 is 5.90. The lowest BCUT2D eigenvalue weighted by Gasteiger charge is -2.23. The molecule has 1 heterocycles. The van der Waals surface area contributed by atoms with Crippen LogP contribution in [0.3, 0.4) is 0 Å². The van der Waals surface area contributed by atoms with Crippen molar-refractivity contribution in [3.05, 3.63) is 41.3 Å². The molecule has 0 saturated heterocycles. The van der Waals surface area contributed by atoms with Crippen LogP contribution in [0.5, 0.6) is 0 Å². The number of aromatic nitrogens is 2. The van der Waals surface area contributed by atoms with Crippen molar-refractivity contribution >= 4 is 17.3 Å².